The van der Waals surface area contributed by atoms with E-state index < -0.39 is 0 Å². The van der Waals surface area contributed by atoms with Gasteiger partial charge in [-0.1, -0.05) is 13.8 Å². The van der Waals surface area contributed by atoms with E-state index in [2.05, 4.69) is 29.5 Å². The summed E-state index contributed by atoms with van der Waals surface area (Å²) in [6, 6.07) is 0. The van der Waals surface area contributed by atoms with Crippen LogP contribution < -0.4 is 5.32 Å². The first-order valence-electron chi connectivity index (χ1n) is 5.86. The smallest absolute Gasteiger partial charge is 0.0794 e. The molecular weight excluding hydrogens is 204 g/mol. The molecule has 1 fully saturated rings. The summed E-state index contributed by atoms with van der Waals surface area (Å²) in [4.78, 5) is 4.49. The zero-order chi connectivity index (χ0) is 10.7. The lowest BCUT2D eigenvalue weighted by Crippen LogP contribution is -2.36. The average Bonchev–Trinajstić information content (AvgIpc) is 2.70. The number of aromatic nitrogens is 1. The summed E-state index contributed by atoms with van der Waals surface area (Å²) < 4.78 is 0. The van der Waals surface area contributed by atoms with Crippen molar-refractivity contribution in [2.45, 2.75) is 32.6 Å². The van der Waals surface area contributed by atoms with Gasteiger partial charge in [-0.25, -0.2) is 4.98 Å². The first-order chi connectivity index (χ1) is 7.27. The van der Waals surface area contributed by atoms with Gasteiger partial charge < -0.3 is 5.32 Å². The lowest BCUT2D eigenvalue weighted by molar-refractivity contribution is 0.277. The van der Waals surface area contributed by atoms with Crippen LogP contribution in [0, 0.1) is 11.8 Å². The average molecular weight is 224 g/mol. The standard InChI is InChI=1S/C12H20N2S/c1-9(2)5-10-6-13-4-3-11(10)12-7-15-8-14-12/h7-11,13H,3-6H2,1-2H3. The first kappa shape index (κ1) is 11.1. The highest BCUT2D eigenvalue weighted by atomic mass is 32.1. The van der Waals surface area contributed by atoms with E-state index in [-0.39, 0.29) is 0 Å². The molecule has 1 aromatic rings. The zero-order valence-electron chi connectivity index (χ0n) is 9.57. The number of nitrogens with zero attached hydrogens (tertiary/aromatic N) is 1. The quantitative estimate of drug-likeness (QED) is 0.854. The molecule has 1 N–H and O–H groups in total. The Kier molecular flexibility index (Phi) is 3.76. The van der Waals surface area contributed by atoms with Gasteiger partial charge in [-0.3, -0.25) is 0 Å². The van der Waals surface area contributed by atoms with Crippen molar-refractivity contribution < 1.29 is 0 Å². The minimum atomic E-state index is 0.694. The highest BCUT2D eigenvalue weighted by Gasteiger charge is 2.27. The monoisotopic (exact) mass is 224 g/mol. The second-order valence-electron chi connectivity index (χ2n) is 4.90. The molecule has 15 heavy (non-hydrogen) atoms. The van der Waals surface area contributed by atoms with E-state index in [0.29, 0.717) is 5.92 Å². The van der Waals surface area contributed by atoms with Gasteiger partial charge in [0.15, 0.2) is 0 Å². The normalized spacial score (nSPS) is 27.1. The fourth-order valence-corrected chi connectivity index (χ4v) is 3.19. The number of nitrogens with one attached hydrogen (secondary N) is 1. The number of rotatable bonds is 3. The Morgan fingerprint density at radius 1 is 1.60 bits per heavy atom. The van der Waals surface area contributed by atoms with Crippen LogP contribution in [0.2, 0.25) is 0 Å². The molecular formula is C12H20N2S. The number of piperidine rings is 1. The van der Waals surface area contributed by atoms with Crippen LogP contribution in [0.25, 0.3) is 0 Å². The van der Waals surface area contributed by atoms with Crippen LogP contribution in [0.1, 0.15) is 38.3 Å². The van der Waals surface area contributed by atoms with Crippen LogP contribution in [0.15, 0.2) is 10.9 Å². The molecule has 84 valence electrons. The fourth-order valence-electron chi connectivity index (χ4n) is 2.57. The fraction of sp³-hybridized carbons (Fsp3) is 0.750. The van der Waals surface area contributed by atoms with Gasteiger partial charge in [0.1, 0.15) is 0 Å². The van der Waals surface area contributed by atoms with Crippen molar-refractivity contribution >= 4 is 11.3 Å². The van der Waals surface area contributed by atoms with E-state index in [4.69, 9.17) is 0 Å². The summed E-state index contributed by atoms with van der Waals surface area (Å²) in [7, 11) is 0. The van der Waals surface area contributed by atoms with Crippen molar-refractivity contribution in [3.8, 4) is 0 Å². The molecule has 0 aromatic carbocycles. The van der Waals surface area contributed by atoms with Crippen LogP contribution in [0.5, 0.6) is 0 Å². The van der Waals surface area contributed by atoms with Gasteiger partial charge in [-0.15, -0.1) is 11.3 Å². The summed E-state index contributed by atoms with van der Waals surface area (Å²) in [5.74, 6) is 2.26. The molecule has 0 spiro atoms. The molecule has 0 radical (unpaired) electrons. The van der Waals surface area contributed by atoms with Gasteiger partial charge in [0.2, 0.25) is 0 Å². The van der Waals surface area contributed by atoms with E-state index in [1.54, 1.807) is 11.3 Å². The van der Waals surface area contributed by atoms with Crippen LogP contribution in [0.3, 0.4) is 0 Å². The van der Waals surface area contributed by atoms with Crippen molar-refractivity contribution in [3.05, 3.63) is 16.6 Å². The first-order valence-corrected chi connectivity index (χ1v) is 6.80. The van der Waals surface area contributed by atoms with Gasteiger partial charge in [0.25, 0.3) is 0 Å². The molecule has 1 saturated heterocycles. The van der Waals surface area contributed by atoms with Crippen molar-refractivity contribution in [3.63, 3.8) is 0 Å². The molecule has 1 aromatic heterocycles. The molecule has 2 nitrogen and oxygen atoms in total. The summed E-state index contributed by atoms with van der Waals surface area (Å²) in [6.45, 7) is 6.94. The highest BCUT2D eigenvalue weighted by Crippen LogP contribution is 2.33. The molecule has 2 heterocycles. The predicted molar refractivity (Wildman–Crippen MR) is 65.3 cm³/mol. The SMILES string of the molecule is CC(C)CC1CNCCC1c1cscn1. The van der Waals surface area contributed by atoms with E-state index in [1.807, 2.05) is 5.51 Å². The Labute approximate surface area is 96.1 Å². The van der Waals surface area contributed by atoms with Crippen LogP contribution in [-0.4, -0.2) is 18.1 Å². The maximum absolute atomic E-state index is 4.49. The van der Waals surface area contributed by atoms with Gasteiger partial charge in [-0.05, 0) is 37.8 Å². The van der Waals surface area contributed by atoms with Crippen LogP contribution >= 0.6 is 11.3 Å². The predicted octanol–water partition coefficient (Wildman–Crippen LogP) is 2.88. The van der Waals surface area contributed by atoms with Gasteiger partial charge in [-0.2, -0.15) is 0 Å². The van der Waals surface area contributed by atoms with Crippen LogP contribution in [0.4, 0.5) is 0 Å². The molecule has 0 saturated carbocycles. The topological polar surface area (TPSA) is 24.9 Å². The molecule has 0 amide bonds. The van der Waals surface area contributed by atoms with Crippen LogP contribution in [-0.2, 0) is 0 Å². The summed E-state index contributed by atoms with van der Waals surface area (Å²) in [6.07, 6.45) is 2.57. The number of hydrogen-bond donors (Lipinski definition) is 1. The molecule has 0 aliphatic carbocycles. The lowest BCUT2D eigenvalue weighted by atomic mass is 9.80. The molecule has 2 unspecified atom stereocenters. The van der Waals surface area contributed by atoms with Crippen molar-refractivity contribution in [2.24, 2.45) is 11.8 Å². The maximum atomic E-state index is 4.49. The zero-order valence-corrected chi connectivity index (χ0v) is 10.4. The molecule has 1 aliphatic heterocycles. The minimum Gasteiger partial charge on any atom is -0.316 e. The Bertz CT molecular complexity index is 282. The third-order valence-electron chi connectivity index (χ3n) is 3.21. The third-order valence-corrected chi connectivity index (χ3v) is 3.82. The number of thiazole rings is 1. The molecule has 0 bridgehead atoms. The molecule has 2 atom stereocenters. The van der Waals surface area contributed by atoms with Crippen molar-refractivity contribution in [2.75, 3.05) is 13.1 Å². The Hall–Kier alpha value is -0.410. The number of hydrogen-bond acceptors (Lipinski definition) is 3. The van der Waals surface area contributed by atoms with E-state index >= 15 is 0 Å². The van der Waals surface area contributed by atoms with E-state index in [0.717, 1.165) is 18.4 Å². The van der Waals surface area contributed by atoms with Crippen molar-refractivity contribution in [1.82, 2.24) is 10.3 Å². The second-order valence-corrected chi connectivity index (χ2v) is 5.62. The van der Waals surface area contributed by atoms with Gasteiger partial charge in [0, 0.05) is 11.3 Å². The summed E-state index contributed by atoms with van der Waals surface area (Å²) in [5, 5.41) is 5.73. The Balaban J connectivity index is 2.06. The Morgan fingerprint density at radius 3 is 3.13 bits per heavy atom. The van der Waals surface area contributed by atoms with E-state index in [9.17, 15) is 0 Å². The minimum absolute atomic E-state index is 0.694. The molecule has 2 rings (SSSR count). The second kappa shape index (κ2) is 5.08. The van der Waals surface area contributed by atoms with Crippen molar-refractivity contribution in [1.29, 1.82) is 0 Å². The largest absolute Gasteiger partial charge is 0.316 e. The van der Waals surface area contributed by atoms with Gasteiger partial charge in [0.05, 0.1) is 11.2 Å². The summed E-state index contributed by atoms with van der Waals surface area (Å²) in [5.41, 5.74) is 3.29. The van der Waals surface area contributed by atoms with Gasteiger partial charge >= 0.3 is 0 Å². The Morgan fingerprint density at radius 2 is 2.47 bits per heavy atom. The van der Waals surface area contributed by atoms with E-state index in [1.165, 1.54) is 25.1 Å². The molecule has 3 heteroatoms. The summed E-state index contributed by atoms with van der Waals surface area (Å²) >= 11 is 1.72. The lowest BCUT2D eigenvalue weighted by Gasteiger charge is -2.32. The molecule has 1 aliphatic rings. The maximum Gasteiger partial charge on any atom is 0.0794 e. The third kappa shape index (κ3) is 2.79. The highest BCUT2D eigenvalue weighted by molar-refractivity contribution is 7.07.